The lowest BCUT2D eigenvalue weighted by molar-refractivity contribution is 0.0666. The number of rotatable bonds is 8. The third-order valence-corrected chi connectivity index (χ3v) is 7.60. The van der Waals surface area contributed by atoms with Crippen LogP contribution in [0.1, 0.15) is 35.9 Å². The van der Waals surface area contributed by atoms with Gasteiger partial charge in [-0.25, -0.2) is 8.42 Å². The standard InChI is InChI=1S/C25H26ClNO5S/c1-2-14-31-22-9-5-19(6-10-22)25(28)27(21-13-15-33(29,30)17-21)16-23-11-12-24(32-23)18-3-7-20(26)8-4-18/h3-12,21H,2,13-17H2,1H3. The van der Waals surface area contributed by atoms with Gasteiger partial charge in [-0.1, -0.05) is 18.5 Å². The van der Waals surface area contributed by atoms with Crippen LogP contribution in [0.4, 0.5) is 0 Å². The predicted octanol–water partition coefficient (Wildman–Crippen LogP) is 5.22. The van der Waals surface area contributed by atoms with Gasteiger partial charge in [0.15, 0.2) is 9.84 Å². The van der Waals surface area contributed by atoms with Crippen molar-refractivity contribution in [2.45, 2.75) is 32.4 Å². The van der Waals surface area contributed by atoms with Gasteiger partial charge in [-0.15, -0.1) is 0 Å². The van der Waals surface area contributed by atoms with E-state index in [1.54, 1.807) is 41.3 Å². The topological polar surface area (TPSA) is 76.8 Å². The monoisotopic (exact) mass is 487 g/mol. The smallest absolute Gasteiger partial charge is 0.254 e. The van der Waals surface area contributed by atoms with E-state index in [-0.39, 0.29) is 24.0 Å². The normalized spacial score (nSPS) is 17.1. The molecular formula is C25H26ClNO5S. The molecule has 1 atom stereocenters. The Balaban J connectivity index is 1.56. The third kappa shape index (κ3) is 5.78. The average molecular weight is 488 g/mol. The lowest BCUT2D eigenvalue weighted by atomic mass is 10.1. The number of benzene rings is 2. The van der Waals surface area contributed by atoms with Gasteiger partial charge >= 0.3 is 0 Å². The molecule has 1 amide bonds. The number of ether oxygens (including phenoxy) is 1. The van der Waals surface area contributed by atoms with Gasteiger partial charge in [-0.3, -0.25) is 4.79 Å². The minimum Gasteiger partial charge on any atom is -0.494 e. The summed E-state index contributed by atoms with van der Waals surface area (Å²) in [5, 5.41) is 0.635. The zero-order chi connectivity index (χ0) is 23.4. The highest BCUT2D eigenvalue weighted by atomic mass is 35.5. The van der Waals surface area contributed by atoms with E-state index in [1.165, 1.54) is 0 Å². The molecule has 1 fully saturated rings. The maximum Gasteiger partial charge on any atom is 0.254 e. The highest BCUT2D eigenvalue weighted by Crippen LogP contribution is 2.27. The molecule has 8 heteroatoms. The fraction of sp³-hybridized carbons (Fsp3) is 0.320. The van der Waals surface area contributed by atoms with Gasteiger partial charge in [0.05, 0.1) is 24.7 Å². The number of hydrogen-bond acceptors (Lipinski definition) is 5. The van der Waals surface area contributed by atoms with Crippen molar-refractivity contribution in [3.63, 3.8) is 0 Å². The second-order valence-electron chi connectivity index (χ2n) is 8.14. The number of nitrogens with zero attached hydrogens (tertiary/aromatic N) is 1. The van der Waals surface area contributed by atoms with E-state index in [4.69, 9.17) is 20.8 Å². The van der Waals surface area contributed by atoms with Crippen molar-refractivity contribution in [1.29, 1.82) is 0 Å². The number of carbonyl (C=O) groups excluding carboxylic acids is 1. The molecule has 0 spiro atoms. The Bertz CT molecular complexity index is 1200. The third-order valence-electron chi connectivity index (χ3n) is 5.60. The minimum absolute atomic E-state index is 0.0405. The molecule has 0 saturated carbocycles. The predicted molar refractivity (Wildman–Crippen MR) is 128 cm³/mol. The van der Waals surface area contributed by atoms with E-state index < -0.39 is 15.9 Å². The quantitative estimate of drug-likeness (QED) is 0.435. The van der Waals surface area contributed by atoms with E-state index in [1.807, 2.05) is 31.2 Å². The highest BCUT2D eigenvalue weighted by molar-refractivity contribution is 7.91. The van der Waals surface area contributed by atoms with Crippen LogP contribution in [-0.2, 0) is 16.4 Å². The molecule has 0 aliphatic carbocycles. The van der Waals surface area contributed by atoms with Crippen molar-refractivity contribution in [2.24, 2.45) is 0 Å². The molecule has 0 N–H and O–H groups in total. The van der Waals surface area contributed by atoms with Crippen molar-refractivity contribution in [3.05, 3.63) is 77.0 Å². The fourth-order valence-corrected chi connectivity index (χ4v) is 5.72. The highest BCUT2D eigenvalue weighted by Gasteiger charge is 2.35. The SMILES string of the molecule is CCCOc1ccc(C(=O)N(Cc2ccc(-c3ccc(Cl)cc3)o2)C2CCS(=O)(=O)C2)cc1. The maximum absolute atomic E-state index is 13.4. The van der Waals surface area contributed by atoms with Crippen LogP contribution in [0.5, 0.6) is 5.75 Å². The molecule has 4 rings (SSSR count). The molecule has 3 aromatic rings. The number of amides is 1. The first-order chi connectivity index (χ1) is 15.8. The van der Waals surface area contributed by atoms with Crippen molar-refractivity contribution in [2.75, 3.05) is 18.1 Å². The number of hydrogen-bond donors (Lipinski definition) is 0. The molecule has 1 aromatic heterocycles. The average Bonchev–Trinajstić information content (AvgIpc) is 3.42. The molecule has 1 unspecified atom stereocenters. The van der Waals surface area contributed by atoms with Crippen LogP contribution in [0.2, 0.25) is 5.02 Å². The van der Waals surface area contributed by atoms with Crippen LogP contribution in [0.25, 0.3) is 11.3 Å². The number of halogens is 1. The second kappa shape index (κ2) is 10.0. The first-order valence-electron chi connectivity index (χ1n) is 10.9. The van der Waals surface area contributed by atoms with E-state index in [0.29, 0.717) is 40.9 Å². The van der Waals surface area contributed by atoms with E-state index in [2.05, 4.69) is 0 Å². The Hall–Kier alpha value is -2.77. The Kier molecular flexibility index (Phi) is 7.10. The van der Waals surface area contributed by atoms with Crippen molar-refractivity contribution >= 4 is 27.3 Å². The molecule has 6 nitrogen and oxygen atoms in total. The van der Waals surface area contributed by atoms with Gasteiger partial charge in [-0.2, -0.15) is 0 Å². The van der Waals surface area contributed by atoms with Crippen molar-refractivity contribution in [3.8, 4) is 17.1 Å². The van der Waals surface area contributed by atoms with Crippen LogP contribution < -0.4 is 4.74 Å². The molecule has 2 heterocycles. The lowest BCUT2D eigenvalue weighted by Gasteiger charge is -2.27. The Labute approximate surface area is 199 Å². The number of furan rings is 1. The lowest BCUT2D eigenvalue weighted by Crippen LogP contribution is -2.40. The zero-order valence-corrected chi connectivity index (χ0v) is 19.9. The van der Waals surface area contributed by atoms with E-state index >= 15 is 0 Å². The van der Waals surface area contributed by atoms with Crippen LogP contribution in [0.15, 0.2) is 65.1 Å². The van der Waals surface area contributed by atoms with Gasteiger partial charge in [0.2, 0.25) is 0 Å². The zero-order valence-electron chi connectivity index (χ0n) is 18.4. The second-order valence-corrected chi connectivity index (χ2v) is 10.8. The summed E-state index contributed by atoms with van der Waals surface area (Å²) < 4.78 is 35.9. The number of sulfone groups is 1. The summed E-state index contributed by atoms with van der Waals surface area (Å²) in [5.74, 6) is 1.75. The summed E-state index contributed by atoms with van der Waals surface area (Å²) >= 11 is 5.96. The fourth-order valence-electron chi connectivity index (χ4n) is 3.87. The number of carbonyl (C=O) groups is 1. The Morgan fingerprint density at radius 2 is 1.82 bits per heavy atom. The first kappa shape index (κ1) is 23.4. The summed E-state index contributed by atoms with van der Waals surface area (Å²) in [4.78, 5) is 15.0. The summed E-state index contributed by atoms with van der Waals surface area (Å²) in [7, 11) is -3.16. The molecule has 0 bridgehead atoms. The van der Waals surface area contributed by atoms with Gasteiger partial charge < -0.3 is 14.1 Å². The van der Waals surface area contributed by atoms with Gasteiger partial charge in [0.25, 0.3) is 5.91 Å². The Morgan fingerprint density at radius 1 is 1.09 bits per heavy atom. The maximum atomic E-state index is 13.4. The summed E-state index contributed by atoms with van der Waals surface area (Å²) in [5.41, 5.74) is 1.35. The molecule has 174 valence electrons. The van der Waals surface area contributed by atoms with Crippen LogP contribution in [0, 0.1) is 0 Å². The van der Waals surface area contributed by atoms with Crippen LogP contribution >= 0.6 is 11.6 Å². The Morgan fingerprint density at radius 3 is 2.45 bits per heavy atom. The van der Waals surface area contributed by atoms with E-state index in [9.17, 15) is 13.2 Å². The van der Waals surface area contributed by atoms with Gasteiger partial charge in [0, 0.05) is 22.2 Å². The summed E-state index contributed by atoms with van der Waals surface area (Å²) in [6.07, 6.45) is 1.31. The van der Waals surface area contributed by atoms with Crippen LogP contribution in [-0.4, -0.2) is 43.4 Å². The molecule has 33 heavy (non-hydrogen) atoms. The van der Waals surface area contributed by atoms with Crippen LogP contribution in [0.3, 0.4) is 0 Å². The molecular weight excluding hydrogens is 462 g/mol. The molecule has 0 radical (unpaired) electrons. The summed E-state index contributed by atoms with van der Waals surface area (Å²) in [6, 6.07) is 17.5. The molecule has 2 aromatic carbocycles. The van der Waals surface area contributed by atoms with Gasteiger partial charge in [-0.05, 0) is 73.5 Å². The van der Waals surface area contributed by atoms with Gasteiger partial charge in [0.1, 0.15) is 17.3 Å². The molecule has 1 aliphatic heterocycles. The molecule has 1 saturated heterocycles. The van der Waals surface area contributed by atoms with E-state index in [0.717, 1.165) is 12.0 Å². The molecule has 1 aliphatic rings. The summed E-state index contributed by atoms with van der Waals surface area (Å²) in [6.45, 7) is 2.81. The minimum atomic E-state index is -3.16. The van der Waals surface area contributed by atoms with Crippen molar-refractivity contribution in [1.82, 2.24) is 4.90 Å². The first-order valence-corrected chi connectivity index (χ1v) is 13.1. The van der Waals surface area contributed by atoms with Crippen molar-refractivity contribution < 1.29 is 22.4 Å². The largest absolute Gasteiger partial charge is 0.494 e.